The van der Waals surface area contributed by atoms with Gasteiger partial charge in [-0.05, 0) is 54.0 Å². The molecule has 26 heavy (non-hydrogen) atoms. The van der Waals surface area contributed by atoms with Gasteiger partial charge in [0.15, 0.2) is 5.11 Å². The quantitative estimate of drug-likeness (QED) is 0.545. The summed E-state index contributed by atoms with van der Waals surface area (Å²) in [7, 11) is 0. The smallest absolute Gasteiger partial charge is 0.250 e. The van der Waals surface area contributed by atoms with Gasteiger partial charge in [-0.2, -0.15) is 0 Å². The zero-order chi connectivity index (χ0) is 18.9. The van der Waals surface area contributed by atoms with Crippen molar-refractivity contribution in [1.82, 2.24) is 5.32 Å². The second kappa shape index (κ2) is 9.94. The molecule has 0 bridgehead atoms. The summed E-state index contributed by atoms with van der Waals surface area (Å²) in [6.07, 6.45) is 3.11. The van der Waals surface area contributed by atoms with E-state index in [-0.39, 0.29) is 11.0 Å². The van der Waals surface area contributed by atoms with Crippen molar-refractivity contribution in [2.24, 2.45) is 5.92 Å². The summed E-state index contributed by atoms with van der Waals surface area (Å²) in [5.41, 5.74) is 1.62. The number of thiocarbonyl (C=S) groups is 1. The van der Waals surface area contributed by atoms with E-state index in [0.717, 1.165) is 17.0 Å². The molecular formula is C20H21ClN2O2S. The third kappa shape index (κ3) is 7.25. The molecule has 0 aliphatic carbocycles. The average Bonchev–Trinajstić information content (AvgIpc) is 2.59. The first-order valence-corrected chi connectivity index (χ1v) is 8.99. The van der Waals surface area contributed by atoms with Crippen LogP contribution in [0.15, 0.2) is 54.6 Å². The molecule has 2 aromatic rings. The lowest BCUT2D eigenvalue weighted by Crippen LogP contribution is -2.32. The monoisotopic (exact) mass is 388 g/mol. The molecule has 1 amide bonds. The fraction of sp³-hybridized carbons (Fsp3) is 0.200. The topological polar surface area (TPSA) is 50.4 Å². The second-order valence-electron chi connectivity index (χ2n) is 6.06. The van der Waals surface area contributed by atoms with Crippen LogP contribution < -0.4 is 15.4 Å². The van der Waals surface area contributed by atoms with Gasteiger partial charge in [-0.25, -0.2) is 0 Å². The van der Waals surface area contributed by atoms with Crippen molar-refractivity contribution in [1.29, 1.82) is 0 Å². The maximum absolute atomic E-state index is 12.0. The highest BCUT2D eigenvalue weighted by Gasteiger charge is 2.03. The summed E-state index contributed by atoms with van der Waals surface area (Å²) in [5, 5.41) is 6.45. The molecule has 2 rings (SSSR count). The molecule has 0 radical (unpaired) electrons. The highest BCUT2D eigenvalue weighted by Crippen LogP contribution is 2.18. The van der Waals surface area contributed by atoms with Crippen LogP contribution in [0, 0.1) is 5.92 Å². The lowest BCUT2D eigenvalue weighted by molar-refractivity contribution is -0.115. The minimum atomic E-state index is -0.315. The molecule has 0 aliphatic heterocycles. The maximum Gasteiger partial charge on any atom is 0.250 e. The van der Waals surface area contributed by atoms with Crippen molar-refractivity contribution in [3.8, 4) is 5.75 Å². The summed E-state index contributed by atoms with van der Waals surface area (Å²) in [5.74, 6) is 0.879. The number of carbonyl (C=O) groups is 1. The number of hydrogen-bond donors (Lipinski definition) is 2. The number of hydrogen-bond acceptors (Lipinski definition) is 3. The molecule has 2 aromatic carbocycles. The Morgan fingerprint density at radius 2 is 1.96 bits per heavy atom. The van der Waals surface area contributed by atoms with Crippen molar-refractivity contribution in [2.75, 3.05) is 11.9 Å². The van der Waals surface area contributed by atoms with Gasteiger partial charge >= 0.3 is 0 Å². The van der Waals surface area contributed by atoms with Crippen molar-refractivity contribution >= 4 is 46.6 Å². The van der Waals surface area contributed by atoms with E-state index in [0.29, 0.717) is 17.5 Å². The first kappa shape index (κ1) is 19.9. The molecule has 0 unspecified atom stereocenters. The first-order valence-electron chi connectivity index (χ1n) is 8.21. The highest BCUT2D eigenvalue weighted by atomic mass is 35.5. The van der Waals surface area contributed by atoms with Gasteiger partial charge in [-0.1, -0.05) is 43.6 Å². The first-order chi connectivity index (χ1) is 12.4. The summed E-state index contributed by atoms with van der Waals surface area (Å²) in [6, 6.07) is 14.6. The van der Waals surface area contributed by atoms with Crippen LogP contribution >= 0.6 is 23.8 Å². The normalized spacial score (nSPS) is 10.8. The van der Waals surface area contributed by atoms with Crippen LogP contribution in [0.2, 0.25) is 5.02 Å². The van der Waals surface area contributed by atoms with E-state index in [9.17, 15) is 4.79 Å². The molecule has 0 fully saturated rings. The molecule has 0 aliphatic rings. The van der Waals surface area contributed by atoms with Gasteiger partial charge in [0.25, 0.3) is 0 Å². The Labute approximate surface area is 164 Å². The van der Waals surface area contributed by atoms with E-state index < -0.39 is 0 Å². The molecular weight excluding hydrogens is 368 g/mol. The largest absolute Gasteiger partial charge is 0.493 e. The lowest BCUT2D eigenvalue weighted by Gasteiger charge is -2.12. The minimum Gasteiger partial charge on any atom is -0.493 e. The summed E-state index contributed by atoms with van der Waals surface area (Å²) in [4.78, 5) is 12.0. The number of ether oxygens (including phenoxy) is 1. The van der Waals surface area contributed by atoms with Crippen LogP contribution in [-0.2, 0) is 4.79 Å². The molecule has 0 heterocycles. The number of rotatable bonds is 6. The number of amides is 1. The van der Waals surface area contributed by atoms with Crippen LogP contribution in [0.25, 0.3) is 6.08 Å². The number of carbonyl (C=O) groups excluding carboxylic acids is 1. The predicted molar refractivity (Wildman–Crippen MR) is 112 cm³/mol. The average molecular weight is 389 g/mol. The fourth-order valence-corrected chi connectivity index (χ4v) is 2.33. The van der Waals surface area contributed by atoms with Crippen molar-refractivity contribution in [3.63, 3.8) is 0 Å². The zero-order valence-corrected chi connectivity index (χ0v) is 16.2. The van der Waals surface area contributed by atoms with Crippen LogP contribution in [0.5, 0.6) is 5.75 Å². The van der Waals surface area contributed by atoms with E-state index in [1.807, 2.05) is 36.4 Å². The van der Waals surface area contributed by atoms with Crippen molar-refractivity contribution < 1.29 is 9.53 Å². The van der Waals surface area contributed by atoms with Gasteiger partial charge in [0.1, 0.15) is 5.75 Å². The van der Waals surface area contributed by atoms with E-state index >= 15 is 0 Å². The van der Waals surface area contributed by atoms with E-state index in [2.05, 4.69) is 24.5 Å². The Kier molecular flexibility index (Phi) is 7.63. The summed E-state index contributed by atoms with van der Waals surface area (Å²) in [6.45, 7) is 4.81. The molecule has 136 valence electrons. The number of nitrogens with one attached hydrogen (secondary N) is 2. The van der Waals surface area contributed by atoms with E-state index in [1.165, 1.54) is 6.08 Å². The second-order valence-corrected chi connectivity index (χ2v) is 6.91. The van der Waals surface area contributed by atoms with Gasteiger partial charge in [0, 0.05) is 22.9 Å². The molecule has 2 N–H and O–H groups in total. The highest BCUT2D eigenvalue weighted by molar-refractivity contribution is 7.80. The van der Waals surface area contributed by atoms with Crippen molar-refractivity contribution in [2.45, 2.75) is 13.8 Å². The minimum absolute atomic E-state index is 0.219. The molecule has 0 saturated carbocycles. The molecule has 0 atom stereocenters. The third-order valence-corrected chi connectivity index (χ3v) is 3.67. The molecule has 0 aromatic heterocycles. The number of benzene rings is 2. The van der Waals surface area contributed by atoms with Gasteiger partial charge < -0.3 is 10.1 Å². The molecule has 0 spiro atoms. The van der Waals surface area contributed by atoms with E-state index in [4.69, 9.17) is 28.6 Å². The van der Waals surface area contributed by atoms with Crippen molar-refractivity contribution in [3.05, 3.63) is 65.2 Å². The Balaban J connectivity index is 1.86. The lowest BCUT2D eigenvalue weighted by atomic mass is 10.2. The maximum atomic E-state index is 12.0. The Hall–Kier alpha value is -2.37. The third-order valence-electron chi connectivity index (χ3n) is 3.21. The number of anilines is 1. The Morgan fingerprint density at radius 3 is 2.65 bits per heavy atom. The molecule has 0 saturated heterocycles. The van der Waals surface area contributed by atoms with E-state index in [1.54, 1.807) is 18.2 Å². The van der Waals surface area contributed by atoms with Gasteiger partial charge in [-0.3, -0.25) is 10.1 Å². The van der Waals surface area contributed by atoms with Crippen LogP contribution in [0.3, 0.4) is 0 Å². The van der Waals surface area contributed by atoms with Crippen LogP contribution in [0.4, 0.5) is 5.69 Å². The standard InChI is InChI=1S/C20H21ClN2O2S/c1-14(2)13-25-18-5-3-4-17(12-18)22-20(26)23-19(24)11-8-15-6-9-16(21)10-7-15/h3-12,14H,13H2,1-2H3,(H2,22,23,24,26)/b11-8+. The molecule has 6 heteroatoms. The van der Waals surface area contributed by atoms with Gasteiger partial charge in [-0.15, -0.1) is 0 Å². The predicted octanol–water partition coefficient (Wildman–Crippen LogP) is 4.90. The molecule has 4 nitrogen and oxygen atoms in total. The SMILES string of the molecule is CC(C)COc1cccc(NC(=S)NC(=O)/C=C/c2ccc(Cl)cc2)c1. The van der Waals surface area contributed by atoms with Gasteiger partial charge in [0.05, 0.1) is 6.61 Å². The summed E-state index contributed by atoms with van der Waals surface area (Å²) < 4.78 is 5.68. The Bertz CT molecular complexity index is 789. The number of halogens is 1. The zero-order valence-electron chi connectivity index (χ0n) is 14.7. The van der Waals surface area contributed by atoms with Gasteiger partial charge in [0.2, 0.25) is 5.91 Å². The summed E-state index contributed by atoms with van der Waals surface area (Å²) >= 11 is 11.0. The fourth-order valence-electron chi connectivity index (χ4n) is 1.99. The van der Waals surface area contributed by atoms with Crippen LogP contribution in [0.1, 0.15) is 19.4 Å². The van der Waals surface area contributed by atoms with Crippen LogP contribution in [-0.4, -0.2) is 17.6 Å². The Morgan fingerprint density at radius 1 is 1.23 bits per heavy atom.